The Morgan fingerprint density at radius 2 is 1.88 bits per heavy atom. The van der Waals surface area contributed by atoms with Gasteiger partial charge in [0.15, 0.2) is 23.1 Å². The molecule has 1 heterocycles. The zero-order chi connectivity index (χ0) is 18.9. The molecule has 0 saturated carbocycles. The molecule has 0 spiro atoms. The van der Waals surface area contributed by atoms with Gasteiger partial charge in [-0.25, -0.2) is 19.2 Å². The standard InChI is InChI=1S/C16H16Cl2FN3O3/c1-16(2,3)25-15(23)11-9(18)13(20)22-14(21-11)7-5-6-8(17)12(24-4)10(7)19/h5-6H,1-4H3,(H2,20,21,22). The fourth-order valence-electron chi connectivity index (χ4n) is 1.94. The van der Waals surface area contributed by atoms with Gasteiger partial charge in [0.05, 0.1) is 17.7 Å². The van der Waals surface area contributed by atoms with Crippen molar-refractivity contribution in [3.63, 3.8) is 0 Å². The lowest BCUT2D eigenvalue weighted by Crippen LogP contribution is -2.25. The average molecular weight is 388 g/mol. The lowest BCUT2D eigenvalue weighted by molar-refractivity contribution is 0.00630. The van der Waals surface area contributed by atoms with E-state index < -0.39 is 17.4 Å². The molecule has 2 N–H and O–H groups in total. The largest absolute Gasteiger partial charge is 0.492 e. The summed E-state index contributed by atoms with van der Waals surface area (Å²) in [4.78, 5) is 20.2. The number of carbonyl (C=O) groups is 1. The first-order valence-corrected chi connectivity index (χ1v) is 7.89. The molecule has 6 nitrogen and oxygen atoms in total. The van der Waals surface area contributed by atoms with Gasteiger partial charge in [0, 0.05) is 0 Å². The van der Waals surface area contributed by atoms with Crippen LogP contribution in [0.4, 0.5) is 10.2 Å². The van der Waals surface area contributed by atoms with Gasteiger partial charge < -0.3 is 15.2 Å². The number of benzene rings is 1. The first-order valence-electron chi connectivity index (χ1n) is 7.14. The van der Waals surface area contributed by atoms with E-state index in [0.29, 0.717) is 0 Å². The number of ether oxygens (including phenoxy) is 2. The summed E-state index contributed by atoms with van der Waals surface area (Å²) in [7, 11) is 1.28. The predicted molar refractivity (Wildman–Crippen MR) is 93.6 cm³/mol. The number of carbonyl (C=O) groups excluding carboxylic acids is 1. The summed E-state index contributed by atoms with van der Waals surface area (Å²) in [5.74, 6) is -2.08. The molecule has 0 bridgehead atoms. The maximum absolute atomic E-state index is 14.6. The van der Waals surface area contributed by atoms with Crippen molar-refractivity contribution < 1.29 is 18.7 Å². The summed E-state index contributed by atoms with van der Waals surface area (Å²) in [6.45, 7) is 5.07. The van der Waals surface area contributed by atoms with Crippen molar-refractivity contribution in [1.29, 1.82) is 0 Å². The fourth-order valence-corrected chi connectivity index (χ4v) is 2.32. The van der Waals surface area contributed by atoms with E-state index in [2.05, 4.69) is 9.97 Å². The number of halogens is 3. The summed E-state index contributed by atoms with van der Waals surface area (Å²) in [6.07, 6.45) is 0. The van der Waals surface area contributed by atoms with Crippen molar-refractivity contribution >= 4 is 35.0 Å². The highest BCUT2D eigenvalue weighted by molar-refractivity contribution is 6.35. The molecule has 0 aliphatic rings. The topological polar surface area (TPSA) is 87.3 Å². The van der Waals surface area contributed by atoms with Crippen LogP contribution in [0.1, 0.15) is 31.3 Å². The molecule has 2 aromatic rings. The Bertz CT molecular complexity index is 838. The van der Waals surface area contributed by atoms with Crippen LogP contribution in [0.5, 0.6) is 5.75 Å². The van der Waals surface area contributed by atoms with Crippen molar-refractivity contribution in [2.75, 3.05) is 12.8 Å². The molecule has 9 heteroatoms. The van der Waals surface area contributed by atoms with E-state index in [4.69, 9.17) is 38.4 Å². The van der Waals surface area contributed by atoms with Gasteiger partial charge >= 0.3 is 5.97 Å². The van der Waals surface area contributed by atoms with Crippen molar-refractivity contribution in [1.82, 2.24) is 9.97 Å². The predicted octanol–water partition coefficient (Wildman–Crippen LogP) is 4.14. The second kappa shape index (κ2) is 7.01. The average Bonchev–Trinajstić information content (AvgIpc) is 2.48. The minimum absolute atomic E-state index is 0.0468. The van der Waals surface area contributed by atoms with Crippen molar-refractivity contribution in [3.8, 4) is 17.1 Å². The SMILES string of the molecule is COc1c(Cl)ccc(-c2nc(N)c(Cl)c(C(=O)OC(C)(C)C)n2)c1F. The van der Waals surface area contributed by atoms with Crippen LogP contribution in [0, 0.1) is 5.82 Å². The van der Waals surface area contributed by atoms with Crippen LogP contribution in [-0.4, -0.2) is 28.6 Å². The van der Waals surface area contributed by atoms with Crippen molar-refractivity contribution in [2.24, 2.45) is 0 Å². The number of anilines is 1. The van der Waals surface area contributed by atoms with Gasteiger partial charge in [-0.3, -0.25) is 0 Å². The molecule has 0 aliphatic heterocycles. The fraction of sp³-hybridized carbons (Fsp3) is 0.312. The normalized spacial score (nSPS) is 11.3. The number of hydrogen-bond donors (Lipinski definition) is 1. The van der Waals surface area contributed by atoms with E-state index in [1.165, 1.54) is 19.2 Å². The molecule has 2 rings (SSSR count). The molecule has 0 saturated heterocycles. The van der Waals surface area contributed by atoms with Crippen molar-refractivity contribution in [2.45, 2.75) is 26.4 Å². The lowest BCUT2D eigenvalue weighted by atomic mass is 10.1. The van der Waals surface area contributed by atoms with Crippen LogP contribution in [0.25, 0.3) is 11.4 Å². The Balaban J connectivity index is 2.60. The smallest absolute Gasteiger partial charge is 0.359 e. The van der Waals surface area contributed by atoms with Gasteiger partial charge in [-0.15, -0.1) is 0 Å². The number of nitrogen functional groups attached to an aromatic ring is 1. The van der Waals surface area contributed by atoms with E-state index in [1.54, 1.807) is 20.8 Å². The van der Waals surface area contributed by atoms with Crippen molar-refractivity contribution in [3.05, 3.63) is 33.7 Å². The summed E-state index contributed by atoms with van der Waals surface area (Å²) >= 11 is 11.9. The minimum Gasteiger partial charge on any atom is -0.492 e. The number of nitrogens with two attached hydrogens (primary N) is 1. The zero-order valence-electron chi connectivity index (χ0n) is 14.0. The molecule has 1 aromatic heterocycles. The van der Waals surface area contributed by atoms with Crippen LogP contribution in [0.3, 0.4) is 0 Å². The molecular weight excluding hydrogens is 372 g/mol. The third-order valence-electron chi connectivity index (χ3n) is 2.96. The quantitative estimate of drug-likeness (QED) is 0.796. The maximum Gasteiger partial charge on any atom is 0.359 e. The van der Waals surface area contributed by atoms with Gasteiger partial charge in [-0.1, -0.05) is 23.2 Å². The van der Waals surface area contributed by atoms with Gasteiger partial charge in [-0.2, -0.15) is 0 Å². The number of esters is 1. The number of hydrogen-bond acceptors (Lipinski definition) is 6. The first-order chi connectivity index (χ1) is 11.5. The number of methoxy groups -OCH3 is 1. The summed E-state index contributed by atoms with van der Waals surface area (Å²) in [5.41, 5.74) is 4.67. The molecule has 0 unspecified atom stereocenters. The van der Waals surface area contributed by atoms with Crippen LogP contribution in [0.2, 0.25) is 10.0 Å². The van der Waals surface area contributed by atoms with Gasteiger partial charge in [0.25, 0.3) is 0 Å². The van der Waals surface area contributed by atoms with Crippen LogP contribution >= 0.6 is 23.2 Å². The summed E-state index contributed by atoms with van der Waals surface area (Å²) in [5, 5.41) is -0.0858. The molecule has 134 valence electrons. The lowest BCUT2D eigenvalue weighted by Gasteiger charge is -2.20. The number of nitrogens with zero attached hydrogens (tertiary/aromatic N) is 2. The van der Waals surface area contributed by atoms with Crippen LogP contribution < -0.4 is 10.5 Å². The second-order valence-corrected chi connectivity index (χ2v) is 6.82. The van der Waals surface area contributed by atoms with E-state index in [9.17, 15) is 9.18 Å². The molecule has 0 amide bonds. The number of rotatable bonds is 3. The monoisotopic (exact) mass is 387 g/mol. The summed E-state index contributed by atoms with van der Waals surface area (Å²) in [6, 6.07) is 2.77. The van der Waals surface area contributed by atoms with Gasteiger partial charge in [-0.05, 0) is 32.9 Å². The Kier molecular flexibility index (Phi) is 5.39. The Morgan fingerprint density at radius 1 is 1.24 bits per heavy atom. The highest BCUT2D eigenvalue weighted by Gasteiger charge is 2.25. The zero-order valence-corrected chi connectivity index (χ0v) is 15.5. The molecule has 0 atom stereocenters. The van der Waals surface area contributed by atoms with E-state index in [1.807, 2.05) is 0 Å². The maximum atomic E-state index is 14.6. The van der Waals surface area contributed by atoms with Crippen LogP contribution in [-0.2, 0) is 4.74 Å². The second-order valence-electron chi connectivity index (χ2n) is 6.04. The number of aromatic nitrogens is 2. The highest BCUT2D eigenvalue weighted by atomic mass is 35.5. The van der Waals surface area contributed by atoms with E-state index >= 15 is 0 Å². The molecule has 0 radical (unpaired) electrons. The summed E-state index contributed by atoms with van der Waals surface area (Å²) < 4.78 is 24.7. The highest BCUT2D eigenvalue weighted by Crippen LogP contribution is 2.35. The molecule has 0 aliphatic carbocycles. The Hall–Kier alpha value is -2.12. The molecule has 25 heavy (non-hydrogen) atoms. The third kappa shape index (κ3) is 4.11. The van der Waals surface area contributed by atoms with Gasteiger partial charge in [0.1, 0.15) is 16.4 Å². The van der Waals surface area contributed by atoms with E-state index in [0.717, 1.165) is 0 Å². The van der Waals surface area contributed by atoms with Crippen LogP contribution in [0.15, 0.2) is 12.1 Å². The molecule has 0 fully saturated rings. The Labute approximate surface area is 154 Å². The Morgan fingerprint density at radius 3 is 2.44 bits per heavy atom. The first kappa shape index (κ1) is 19.2. The third-order valence-corrected chi connectivity index (χ3v) is 3.63. The van der Waals surface area contributed by atoms with E-state index in [-0.39, 0.29) is 38.7 Å². The molecular formula is C16H16Cl2FN3O3. The van der Waals surface area contributed by atoms with Gasteiger partial charge in [0.2, 0.25) is 0 Å². The minimum atomic E-state index is -0.797. The molecule has 1 aromatic carbocycles.